The third-order valence-electron chi connectivity index (χ3n) is 6.19. The Kier molecular flexibility index (Phi) is 9.95. The van der Waals surface area contributed by atoms with Crippen LogP contribution in [0.25, 0.3) is 0 Å². The van der Waals surface area contributed by atoms with E-state index in [4.69, 9.17) is 9.15 Å². The zero-order valence-electron chi connectivity index (χ0n) is 22.2. The summed E-state index contributed by atoms with van der Waals surface area (Å²) in [6, 6.07) is 0. The number of allylic oxidation sites excluding steroid dienone is 2. The van der Waals surface area contributed by atoms with Gasteiger partial charge >= 0.3 is 5.97 Å². The van der Waals surface area contributed by atoms with Gasteiger partial charge in [0.15, 0.2) is 5.69 Å². The summed E-state index contributed by atoms with van der Waals surface area (Å²) >= 11 is 0. The number of hydrogen-bond donors (Lipinski definition) is 2. The number of hydrogen-bond acceptors (Lipinski definition) is 8. The van der Waals surface area contributed by atoms with E-state index >= 15 is 0 Å². The second kappa shape index (κ2) is 13.1. The van der Waals surface area contributed by atoms with E-state index < -0.39 is 24.1 Å². The first-order valence-corrected chi connectivity index (χ1v) is 12.7. The van der Waals surface area contributed by atoms with Crippen LogP contribution in [-0.2, 0) is 25.5 Å². The topological polar surface area (TPSA) is 139 Å². The van der Waals surface area contributed by atoms with Crippen molar-refractivity contribution in [2.75, 3.05) is 13.1 Å². The van der Waals surface area contributed by atoms with E-state index in [-0.39, 0.29) is 66.7 Å². The summed E-state index contributed by atoms with van der Waals surface area (Å²) in [4.78, 5) is 56.3. The van der Waals surface area contributed by atoms with Crippen LogP contribution in [0.3, 0.4) is 0 Å². The van der Waals surface area contributed by atoms with E-state index in [0.717, 1.165) is 11.8 Å². The van der Waals surface area contributed by atoms with Crippen LogP contribution in [-0.4, -0.2) is 63.9 Å². The third-order valence-corrected chi connectivity index (χ3v) is 6.19. The molecule has 2 bridgehead atoms. The lowest BCUT2D eigenvalue weighted by molar-refractivity contribution is -0.149. The fourth-order valence-electron chi connectivity index (χ4n) is 4.33. The van der Waals surface area contributed by atoms with Crippen molar-refractivity contribution in [2.24, 2.45) is 11.8 Å². The number of carbonyl (C=O) groups excluding carboxylic acids is 4. The SMILES string of the molecule is CC1=C\[C@@H](O)CC(=O)Cc2nc(co2)C(=O)N2CCC=C2C(=O)O[C@@H](C(C)C)[C@H](C)/C=C/C(=O)NC\C=C\1. The number of aliphatic hydroxyl groups is 1. The van der Waals surface area contributed by atoms with Gasteiger partial charge in [-0.15, -0.1) is 0 Å². The smallest absolute Gasteiger partial charge is 0.355 e. The van der Waals surface area contributed by atoms with Gasteiger partial charge in [0.2, 0.25) is 11.8 Å². The molecular weight excluding hydrogens is 490 g/mol. The molecule has 1 aromatic rings. The molecule has 10 nitrogen and oxygen atoms in total. The Morgan fingerprint density at radius 1 is 1.18 bits per heavy atom. The largest absolute Gasteiger partial charge is 0.457 e. The normalized spacial score (nSPS) is 27.6. The molecule has 2 aliphatic heterocycles. The van der Waals surface area contributed by atoms with Gasteiger partial charge in [0, 0.05) is 25.4 Å². The predicted octanol–water partition coefficient (Wildman–Crippen LogP) is 2.66. The van der Waals surface area contributed by atoms with Gasteiger partial charge in [-0.05, 0) is 25.3 Å². The van der Waals surface area contributed by atoms with Gasteiger partial charge in [0.1, 0.15) is 23.8 Å². The van der Waals surface area contributed by atoms with Crippen LogP contribution in [0.15, 0.2) is 58.4 Å². The number of aliphatic hydroxyl groups excluding tert-OH is 1. The Balaban J connectivity index is 1.86. The molecule has 3 atom stereocenters. The number of esters is 1. The minimum atomic E-state index is -1.01. The number of amides is 2. The van der Waals surface area contributed by atoms with Gasteiger partial charge in [-0.1, -0.05) is 56.7 Å². The van der Waals surface area contributed by atoms with Crippen LogP contribution in [0, 0.1) is 11.8 Å². The van der Waals surface area contributed by atoms with E-state index in [0.29, 0.717) is 6.42 Å². The zero-order chi connectivity index (χ0) is 27.8. The van der Waals surface area contributed by atoms with E-state index in [2.05, 4.69) is 10.3 Å². The number of Topliss-reactive ketones (excluding diaryl/α,β-unsaturated/α-hetero) is 1. The standard InChI is InChI=1S/C28H35N3O7/c1-17(2)26-19(4)9-10-24(34)29-11-5-7-18(3)13-20(32)14-21(33)15-25-30-22(16-37-25)27(35)31-12-6-8-23(31)28(36)38-26/h5,7-10,13,16-17,19-20,26,32H,6,11-12,14-15H2,1-4H3,(H,29,34)/b7-5+,10-9+,18-13+/t19-,20-,26+/m1/s1. The highest BCUT2D eigenvalue weighted by molar-refractivity contribution is 6.00. The first kappa shape index (κ1) is 28.8. The summed E-state index contributed by atoms with van der Waals surface area (Å²) < 4.78 is 11.1. The molecule has 2 amide bonds. The van der Waals surface area contributed by atoms with Crippen molar-refractivity contribution in [3.63, 3.8) is 0 Å². The number of aromatic nitrogens is 1. The number of oxazole rings is 1. The van der Waals surface area contributed by atoms with E-state index in [1.54, 1.807) is 37.3 Å². The Labute approximate surface area is 222 Å². The van der Waals surface area contributed by atoms with Crippen LogP contribution in [0.5, 0.6) is 0 Å². The maximum absolute atomic E-state index is 13.1. The molecule has 0 unspecified atom stereocenters. The highest BCUT2D eigenvalue weighted by atomic mass is 16.5. The maximum Gasteiger partial charge on any atom is 0.355 e. The van der Waals surface area contributed by atoms with Gasteiger partial charge in [0.25, 0.3) is 5.91 Å². The molecule has 3 heterocycles. The molecule has 2 aliphatic rings. The molecule has 2 N–H and O–H groups in total. The molecular formula is C28H35N3O7. The number of nitrogens with one attached hydrogen (secondary N) is 1. The number of ether oxygens (including phenoxy) is 1. The van der Waals surface area contributed by atoms with Crippen LogP contribution in [0.1, 0.15) is 56.9 Å². The molecule has 1 aromatic heterocycles. The van der Waals surface area contributed by atoms with Gasteiger partial charge in [-0.25, -0.2) is 9.78 Å². The van der Waals surface area contributed by atoms with Gasteiger partial charge in [-0.2, -0.15) is 0 Å². The van der Waals surface area contributed by atoms with Gasteiger partial charge in [-0.3, -0.25) is 14.4 Å². The molecule has 0 aromatic carbocycles. The second-order valence-corrected chi connectivity index (χ2v) is 9.84. The van der Waals surface area contributed by atoms with Gasteiger partial charge < -0.3 is 24.5 Å². The highest BCUT2D eigenvalue weighted by Crippen LogP contribution is 2.24. The lowest BCUT2D eigenvalue weighted by atomic mass is 9.94. The lowest BCUT2D eigenvalue weighted by Gasteiger charge is -2.27. The van der Waals surface area contributed by atoms with Crippen molar-refractivity contribution >= 4 is 23.6 Å². The third kappa shape index (κ3) is 7.85. The molecule has 0 spiro atoms. The van der Waals surface area contributed by atoms with Crippen LogP contribution in [0.4, 0.5) is 0 Å². The summed E-state index contributed by atoms with van der Waals surface area (Å²) in [7, 11) is 0. The van der Waals surface area contributed by atoms with Crippen molar-refractivity contribution in [3.05, 3.63) is 65.6 Å². The van der Waals surface area contributed by atoms with Crippen LogP contribution >= 0.6 is 0 Å². The maximum atomic E-state index is 13.1. The molecule has 0 aliphatic carbocycles. The minimum Gasteiger partial charge on any atom is -0.457 e. The van der Waals surface area contributed by atoms with Crippen LogP contribution in [0.2, 0.25) is 0 Å². The van der Waals surface area contributed by atoms with E-state index in [9.17, 15) is 24.3 Å². The summed E-state index contributed by atoms with van der Waals surface area (Å²) in [5.74, 6) is -2.07. The first-order valence-electron chi connectivity index (χ1n) is 12.7. The summed E-state index contributed by atoms with van der Waals surface area (Å²) in [6.07, 6.45) is 9.48. The molecule has 204 valence electrons. The average Bonchev–Trinajstić information content (AvgIpc) is 3.52. The van der Waals surface area contributed by atoms with Crippen molar-refractivity contribution in [2.45, 2.75) is 59.2 Å². The summed E-state index contributed by atoms with van der Waals surface area (Å²) in [6.45, 7) is 8.00. The molecule has 0 radical (unpaired) electrons. The molecule has 0 saturated heterocycles. The molecule has 0 fully saturated rings. The zero-order valence-corrected chi connectivity index (χ0v) is 22.2. The Hall–Kier alpha value is -3.79. The van der Waals surface area contributed by atoms with Crippen molar-refractivity contribution in [1.29, 1.82) is 0 Å². The summed E-state index contributed by atoms with van der Waals surface area (Å²) in [5, 5.41) is 13.0. The highest BCUT2D eigenvalue weighted by Gasteiger charge is 2.33. The number of rotatable bonds is 1. The quantitative estimate of drug-likeness (QED) is 0.534. The molecule has 10 heteroatoms. The molecule has 38 heavy (non-hydrogen) atoms. The summed E-state index contributed by atoms with van der Waals surface area (Å²) in [5.41, 5.74) is 0.809. The van der Waals surface area contributed by atoms with Crippen molar-refractivity contribution in [3.8, 4) is 0 Å². The Morgan fingerprint density at radius 2 is 1.95 bits per heavy atom. The number of cyclic esters (lactones) is 1. The number of carbonyl (C=O) groups is 4. The number of fused-ring (bicyclic) bond motifs is 3. The van der Waals surface area contributed by atoms with Crippen molar-refractivity contribution in [1.82, 2.24) is 15.2 Å². The minimum absolute atomic E-state index is 0.0315. The average molecular weight is 526 g/mol. The lowest BCUT2D eigenvalue weighted by Crippen LogP contribution is -2.36. The molecule has 0 saturated carbocycles. The number of ketones is 1. The predicted molar refractivity (Wildman–Crippen MR) is 139 cm³/mol. The second-order valence-electron chi connectivity index (χ2n) is 9.84. The van der Waals surface area contributed by atoms with E-state index in [1.165, 1.54) is 11.0 Å². The van der Waals surface area contributed by atoms with E-state index in [1.807, 2.05) is 20.8 Å². The number of nitrogens with zero attached hydrogens (tertiary/aromatic N) is 2. The fourth-order valence-corrected chi connectivity index (χ4v) is 4.33. The fraction of sp³-hybridized carbons (Fsp3) is 0.464. The first-order chi connectivity index (χ1) is 18.0. The van der Waals surface area contributed by atoms with Crippen molar-refractivity contribution < 1.29 is 33.4 Å². The molecule has 3 rings (SSSR count). The Bertz CT molecular complexity index is 1170. The van der Waals surface area contributed by atoms with Crippen LogP contribution < -0.4 is 5.32 Å². The Morgan fingerprint density at radius 3 is 2.68 bits per heavy atom. The van der Waals surface area contributed by atoms with Gasteiger partial charge in [0.05, 0.1) is 12.5 Å². The monoisotopic (exact) mass is 525 g/mol.